The lowest BCUT2D eigenvalue weighted by atomic mass is 10.1. The number of ether oxygens (including phenoxy) is 1. The zero-order valence-corrected chi connectivity index (χ0v) is 14.5. The van der Waals surface area contributed by atoms with Crippen molar-refractivity contribution in [2.24, 2.45) is 0 Å². The number of rotatable bonds is 5. The Kier molecular flexibility index (Phi) is 5.73. The fraction of sp³-hybridized carbons (Fsp3) is 0.0435. The third kappa shape index (κ3) is 5.28. The lowest BCUT2D eigenvalue weighted by Gasteiger charge is -2.02. The van der Waals surface area contributed by atoms with Crippen molar-refractivity contribution in [3.63, 3.8) is 0 Å². The van der Waals surface area contributed by atoms with Gasteiger partial charge in [0.05, 0.1) is 0 Å². The molecule has 26 heavy (non-hydrogen) atoms. The third-order valence-electron chi connectivity index (χ3n) is 3.76. The molecule has 3 aromatic rings. The predicted octanol–water partition coefficient (Wildman–Crippen LogP) is 5.18. The predicted molar refractivity (Wildman–Crippen MR) is 105 cm³/mol. The molecule has 0 aliphatic carbocycles. The number of nitrogens with zero attached hydrogens (tertiary/aromatic N) is 1. The molecule has 0 unspecified atom stereocenters. The molecule has 128 valence electrons. The quantitative estimate of drug-likeness (QED) is 0.365. The first kappa shape index (κ1) is 17.4. The molecule has 3 nitrogen and oxygen atoms in total. The molecule has 0 radical (unpaired) electrons. The van der Waals surface area contributed by atoms with Crippen LogP contribution >= 0.6 is 0 Å². The highest BCUT2D eigenvalue weighted by molar-refractivity contribution is 5.88. The van der Waals surface area contributed by atoms with Crippen LogP contribution in [0.5, 0.6) is 5.75 Å². The Labute approximate surface area is 153 Å². The van der Waals surface area contributed by atoms with Crippen LogP contribution < -0.4 is 4.74 Å². The summed E-state index contributed by atoms with van der Waals surface area (Å²) in [6.07, 6.45) is 10.7. The fourth-order valence-electron chi connectivity index (χ4n) is 2.31. The van der Waals surface area contributed by atoms with Crippen molar-refractivity contribution in [1.29, 1.82) is 0 Å². The molecule has 3 heteroatoms. The van der Waals surface area contributed by atoms with Gasteiger partial charge in [0.15, 0.2) is 0 Å². The number of hydrogen-bond donors (Lipinski definition) is 0. The van der Waals surface area contributed by atoms with Crippen LogP contribution in [0.2, 0.25) is 0 Å². The molecule has 0 spiro atoms. The molecule has 3 rings (SSSR count). The minimum atomic E-state index is -0.398. The summed E-state index contributed by atoms with van der Waals surface area (Å²) in [6, 6.07) is 19.2. The first-order valence-electron chi connectivity index (χ1n) is 8.34. The number of pyridine rings is 1. The Morgan fingerprint density at radius 1 is 0.769 bits per heavy atom. The van der Waals surface area contributed by atoms with E-state index in [0.717, 1.165) is 16.7 Å². The Bertz CT molecular complexity index is 909. The van der Waals surface area contributed by atoms with Gasteiger partial charge < -0.3 is 4.74 Å². The summed E-state index contributed by atoms with van der Waals surface area (Å²) in [5.74, 6) is 0.121. The van der Waals surface area contributed by atoms with Crippen LogP contribution in [0.25, 0.3) is 18.2 Å². The number of aryl methyl sites for hydroxylation is 1. The minimum absolute atomic E-state index is 0.398. The van der Waals surface area contributed by atoms with E-state index in [9.17, 15) is 4.79 Å². The van der Waals surface area contributed by atoms with Crippen LogP contribution in [-0.4, -0.2) is 11.0 Å². The van der Waals surface area contributed by atoms with Crippen molar-refractivity contribution in [2.45, 2.75) is 6.92 Å². The van der Waals surface area contributed by atoms with Crippen LogP contribution in [0.4, 0.5) is 0 Å². The Hall–Kier alpha value is -3.46. The number of carbonyl (C=O) groups excluding carboxylic acids is 1. The molecule has 0 amide bonds. The summed E-state index contributed by atoms with van der Waals surface area (Å²) in [4.78, 5) is 15.9. The minimum Gasteiger partial charge on any atom is -0.423 e. The average molecular weight is 341 g/mol. The standard InChI is InChI=1S/C23H19NO2/c1-18-2-4-19(5-3-18)10-13-23(25)26-22-11-8-20(9-12-22)6-7-21-14-16-24-17-15-21/h2-17H,1H3/b7-6+,13-10+. The van der Waals surface area contributed by atoms with E-state index in [1.54, 1.807) is 30.6 Å². The molecule has 1 aromatic heterocycles. The second-order valence-corrected chi connectivity index (χ2v) is 5.85. The lowest BCUT2D eigenvalue weighted by Crippen LogP contribution is -2.03. The van der Waals surface area contributed by atoms with Gasteiger partial charge in [-0.1, -0.05) is 54.1 Å². The molecule has 0 aliphatic heterocycles. The van der Waals surface area contributed by atoms with Gasteiger partial charge in [-0.3, -0.25) is 4.98 Å². The molecule has 0 aliphatic rings. The van der Waals surface area contributed by atoms with Gasteiger partial charge in [-0.05, 0) is 54.0 Å². The summed E-state index contributed by atoms with van der Waals surface area (Å²) in [5.41, 5.74) is 4.25. The number of aromatic nitrogens is 1. The Balaban J connectivity index is 1.57. The number of esters is 1. The second kappa shape index (κ2) is 8.58. The normalized spacial score (nSPS) is 11.1. The van der Waals surface area contributed by atoms with Gasteiger partial charge in [-0.2, -0.15) is 0 Å². The maximum absolute atomic E-state index is 11.9. The van der Waals surface area contributed by atoms with E-state index in [4.69, 9.17) is 4.74 Å². The van der Waals surface area contributed by atoms with Gasteiger partial charge in [0.25, 0.3) is 0 Å². The maximum Gasteiger partial charge on any atom is 0.336 e. The summed E-state index contributed by atoms with van der Waals surface area (Å²) in [7, 11) is 0. The molecule has 0 saturated carbocycles. The van der Waals surface area contributed by atoms with E-state index >= 15 is 0 Å². The lowest BCUT2D eigenvalue weighted by molar-refractivity contribution is -0.128. The van der Waals surface area contributed by atoms with Crippen LogP contribution in [0.15, 0.2) is 79.1 Å². The third-order valence-corrected chi connectivity index (χ3v) is 3.76. The van der Waals surface area contributed by atoms with Gasteiger partial charge in [0, 0.05) is 18.5 Å². The Morgan fingerprint density at radius 2 is 1.31 bits per heavy atom. The van der Waals surface area contributed by atoms with Crippen LogP contribution in [-0.2, 0) is 4.79 Å². The van der Waals surface area contributed by atoms with E-state index in [-0.39, 0.29) is 0 Å². The van der Waals surface area contributed by atoms with Crippen LogP contribution in [0.1, 0.15) is 22.3 Å². The largest absolute Gasteiger partial charge is 0.423 e. The van der Waals surface area contributed by atoms with Crippen LogP contribution in [0, 0.1) is 6.92 Å². The summed E-state index contributed by atoms with van der Waals surface area (Å²) in [5, 5.41) is 0. The highest BCUT2D eigenvalue weighted by Gasteiger charge is 2.00. The van der Waals surface area contributed by atoms with Gasteiger partial charge in [0.2, 0.25) is 0 Å². The summed E-state index contributed by atoms with van der Waals surface area (Å²) >= 11 is 0. The number of benzene rings is 2. The maximum atomic E-state index is 11.9. The molecule has 0 bridgehead atoms. The molecule has 0 saturated heterocycles. The first-order chi connectivity index (χ1) is 12.7. The van der Waals surface area contributed by atoms with Crippen molar-refractivity contribution in [2.75, 3.05) is 0 Å². The molecule has 1 heterocycles. The average Bonchev–Trinajstić information content (AvgIpc) is 2.68. The van der Waals surface area contributed by atoms with E-state index < -0.39 is 5.97 Å². The van der Waals surface area contributed by atoms with Crippen molar-refractivity contribution in [1.82, 2.24) is 4.98 Å². The topological polar surface area (TPSA) is 39.2 Å². The van der Waals surface area contributed by atoms with Gasteiger partial charge in [-0.25, -0.2) is 4.79 Å². The van der Waals surface area contributed by atoms with Gasteiger partial charge in [-0.15, -0.1) is 0 Å². The van der Waals surface area contributed by atoms with E-state index in [1.165, 1.54) is 11.6 Å². The van der Waals surface area contributed by atoms with E-state index in [0.29, 0.717) is 5.75 Å². The van der Waals surface area contributed by atoms with Crippen molar-refractivity contribution >= 4 is 24.2 Å². The molecule has 0 fully saturated rings. The molecular weight excluding hydrogens is 322 g/mol. The highest BCUT2D eigenvalue weighted by Crippen LogP contribution is 2.15. The Morgan fingerprint density at radius 3 is 1.96 bits per heavy atom. The van der Waals surface area contributed by atoms with Gasteiger partial charge >= 0.3 is 5.97 Å². The molecule has 0 atom stereocenters. The molecule has 0 N–H and O–H groups in total. The number of hydrogen-bond acceptors (Lipinski definition) is 3. The van der Waals surface area contributed by atoms with Gasteiger partial charge in [0.1, 0.15) is 5.75 Å². The smallest absolute Gasteiger partial charge is 0.336 e. The van der Waals surface area contributed by atoms with Crippen molar-refractivity contribution < 1.29 is 9.53 Å². The summed E-state index contributed by atoms with van der Waals surface area (Å²) < 4.78 is 5.32. The monoisotopic (exact) mass is 341 g/mol. The van der Waals surface area contributed by atoms with Crippen molar-refractivity contribution in [3.05, 3.63) is 101 Å². The SMILES string of the molecule is Cc1ccc(/C=C/C(=O)Oc2ccc(/C=C/c3ccncc3)cc2)cc1. The van der Waals surface area contributed by atoms with E-state index in [2.05, 4.69) is 4.98 Å². The zero-order valence-electron chi connectivity index (χ0n) is 14.5. The second-order valence-electron chi connectivity index (χ2n) is 5.85. The highest BCUT2D eigenvalue weighted by atomic mass is 16.5. The molecule has 2 aromatic carbocycles. The summed E-state index contributed by atoms with van der Waals surface area (Å²) in [6.45, 7) is 2.03. The zero-order chi connectivity index (χ0) is 18.2. The van der Waals surface area contributed by atoms with Crippen LogP contribution in [0.3, 0.4) is 0 Å². The first-order valence-corrected chi connectivity index (χ1v) is 8.34. The molecular formula is C23H19NO2. The van der Waals surface area contributed by atoms with E-state index in [1.807, 2.05) is 67.6 Å². The number of carbonyl (C=O) groups is 1. The van der Waals surface area contributed by atoms with Crippen molar-refractivity contribution in [3.8, 4) is 5.75 Å². The fourth-order valence-corrected chi connectivity index (χ4v) is 2.31.